The second kappa shape index (κ2) is 11.4. The molecule has 0 aromatic heterocycles. The second-order valence-electron chi connectivity index (χ2n) is 6.07. The fourth-order valence-corrected chi connectivity index (χ4v) is 2.69. The number of guanidine groups is 1. The van der Waals surface area contributed by atoms with Gasteiger partial charge in [-0.05, 0) is 18.8 Å². The van der Waals surface area contributed by atoms with Crippen LogP contribution in [0, 0.1) is 5.92 Å². The van der Waals surface area contributed by atoms with Gasteiger partial charge in [-0.25, -0.2) is 0 Å². The molecule has 0 saturated carbocycles. The molecule has 7 nitrogen and oxygen atoms in total. The van der Waals surface area contributed by atoms with E-state index in [4.69, 9.17) is 0 Å². The van der Waals surface area contributed by atoms with E-state index < -0.39 is 18.6 Å². The van der Waals surface area contributed by atoms with Crippen molar-refractivity contribution in [3.63, 3.8) is 0 Å². The number of halogens is 4. The molecule has 1 aliphatic rings. The minimum atomic E-state index is -4.42. The van der Waals surface area contributed by atoms with E-state index in [-0.39, 0.29) is 36.4 Å². The van der Waals surface area contributed by atoms with E-state index in [1.807, 2.05) is 4.90 Å². The van der Waals surface area contributed by atoms with Gasteiger partial charge >= 0.3 is 6.18 Å². The smallest absolute Gasteiger partial charge is 0.359 e. The largest absolute Gasteiger partial charge is 0.406 e. The van der Waals surface area contributed by atoms with E-state index in [1.54, 1.807) is 14.1 Å². The predicted molar refractivity (Wildman–Crippen MR) is 103 cm³/mol. The molecule has 0 aliphatic carbocycles. The number of piperidine rings is 1. The van der Waals surface area contributed by atoms with Crippen LogP contribution in [0.5, 0.6) is 0 Å². The van der Waals surface area contributed by atoms with Gasteiger partial charge in [-0.1, -0.05) is 0 Å². The Morgan fingerprint density at radius 3 is 2.31 bits per heavy atom. The number of nitrogens with one attached hydrogen (secondary N) is 2. The summed E-state index contributed by atoms with van der Waals surface area (Å²) in [5.74, 6) is 0.133. The molecule has 152 valence electrons. The minimum Gasteiger partial charge on any atom is -0.359 e. The zero-order valence-corrected chi connectivity index (χ0v) is 17.6. The Kier molecular flexibility index (Phi) is 10.9. The summed E-state index contributed by atoms with van der Waals surface area (Å²) in [7, 11) is 4.28. The van der Waals surface area contributed by atoms with Crippen LogP contribution in [-0.2, 0) is 9.59 Å². The summed E-state index contributed by atoms with van der Waals surface area (Å²) in [6.45, 7) is -0.184. The first-order valence-corrected chi connectivity index (χ1v) is 8.13. The van der Waals surface area contributed by atoms with Crippen molar-refractivity contribution in [1.29, 1.82) is 0 Å². The topological polar surface area (TPSA) is 77.0 Å². The molecule has 2 N–H and O–H groups in total. The third kappa shape index (κ3) is 8.90. The summed E-state index contributed by atoms with van der Waals surface area (Å²) in [6.07, 6.45) is -2.30. The lowest BCUT2D eigenvalue weighted by molar-refractivity contribution is -0.157. The molecule has 0 unspecified atom stereocenters. The van der Waals surface area contributed by atoms with Gasteiger partial charge in [0, 0.05) is 40.7 Å². The van der Waals surface area contributed by atoms with Gasteiger partial charge < -0.3 is 20.4 Å². The van der Waals surface area contributed by atoms with Crippen molar-refractivity contribution in [3.05, 3.63) is 0 Å². The molecular weight excluding hydrogens is 466 g/mol. The highest BCUT2D eigenvalue weighted by atomic mass is 127. The van der Waals surface area contributed by atoms with Crippen LogP contribution in [0.25, 0.3) is 0 Å². The van der Waals surface area contributed by atoms with Gasteiger partial charge in [0.05, 0.1) is 6.54 Å². The van der Waals surface area contributed by atoms with Crippen LogP contribution in [0.1, 0.15) is 19.3 Å². The van der Waals surface area contributed by atoms with Crippen molar-refractivity contribution in [2.75, 3.05) is 47.3 Å². The Bertz CT molecular complexity index is 494. The number of carbonyl (C=O) groups is 2. The molecule has 1 heterocycles. The van der Waals surface area contributed by atoms with Crippen molar-refractivity contribution >= 4 is 41.8 Å². The average Bonchev–Trinajstić information content (AvgIpc) is 2.54. The maximum atomic E-state index is 12.3. The van der Waals surface area contributed by atoms with E-state index in [0.29, 0.717) is 36.3 Å². The number of likely N-dealkylation sites (tertiary alicyclic amines) is 1. The molecule has 1 fully saturated rings. The van der Waals surface area contributed by atoms with Crippen molar-refractivity contribution < 1.29 is 22.8 Å². The summed E-state index contributed by atoms with van der Waals surface area (Å²) in [5.41, 5.74) is 0. The molecule has 0 aromatic carbocycles. The first-order chi connectivity index (χ1) is 11.7. The van der Waals surface area contributed by atoms with Crippen LogP contribution in [-0.4, -0.2) is 81.1 Å². The molecule has 11 heteroatoms. The standard InChI is InChI=1S/C15H26F3N5O2.HI/c1-19-12(24)8-11-4-6-23(7-5-11)14(20-2)21-9-13(25)22(3)10-15(16,17)18;/h11H,4-10H2,1-3H3,(H,19,24)(H,20,21);1H. The number of rotatable bonds is 5. The Labute approximate surface area is 168 Å². The van der Waals surface area contributed by atoms with Gasteiger partial charge in [0.25, 0.3) is 0 Å². The fraction of sp³-hybridized carbons (Fsp3) is 0.800. The van der Waals surface area contributed by atoms with Crippen LogP contribution in [0.3, 0.4) is 0 Å². The number of likely N-dealkylation sites (N-methyl/N-ethyl adjacent to an activating group) is 1. The maximum absolute atomic E-state index is 12.3. The molecule has 0 spiro atoms. The summed E-state index contributed by atoms with van der Waals surface area (Å²) >= 11 is 0. The molecule has 1 saturated heterocycles. The lowest BCUT2D eigenvalue weighted by Gasteiger charge is -2.34. The lowest BCUT2D eigenvalue weighted by Crippen LogP contribution is -2.49. The van der Waals surface area contributed by atoms with Crippen LogP contribution >= 0.6 is 24.0 Å². The highest BCUT2D eigenvalue weighted by Crippen LogP contribution is 2.20. The molecule has 1 aliphatic heterocycles. The van der Waals surface area contributed by atoms with Gasteiger partial charge in [0.1, 0.15) is 6.54 Å². The SMILES string of the molecule is CN=C(NCC(=O)N(C)CC(F)(F)F)N1CCC(CC(=O)NC)CC1.I. The fourth-order valence-electron chi connectivity index (χ4n) is 2.69. The van der Waals surface area contributed by atoms with Crippen LogP contribution in [0.2, 0.25) is 0 Å². The van der Waals surface area contributed by atoms with E-state index >= 15 is 0 Å². The third-order valence-electron chi connectivity index (χ3n) is 4.12. The summed E-state index contributed by atoms with van der Waals surface area (Å²) < 4.78 is 36.9. The summed E-state index contributed by atoms with van der Waals surface area (Å²) in [5, 5.41) is 5.42. The molecule has 0 bridgehead atoms. The molecule has 0 radical (unpaired) electrons. The van der Waals surface area contributed by atoms with E-state index in [2.05, 4.69) is 15.6 Å². The first kappa shape index (κ1) is 24.7. The van der Waals surface area contributed by atoms with Crippen molar-refractivity contribution in [2.45, 2.75) is 25.4 Å². The zero-order chi connectivity index (χ0) is 19.0. The Morgan fingerprint density at radius 1 is 1.27 bits per heavy atom. The molecule has 0 atom stereocenters. The van der Waals surface area contributed by atoms with Crippen molar-refractivity contribution in [3.8, 4) is 0 Å². The number of nitrogens with zero attached hydrogens (tertiary/aromatic N) is 3. The average molecular weight is 493 g/mol. The molecule has 2 amide bonds. The van der Waals surface area contributed by atoms with Gasteiger partial charge in [-0.3, -0.25) is 14.6 Å². The number of carbonyl (C=O) groups excluding carboxylic acids is 2. The number of hydrogen-bond donors (Lipinski definition) is 2. The number of amides is 2. The minimum absolute atomic E-state index is 0. The Morgan fingerprint density at radius 2 is 1.85 bits per heavy atom. The highest BCUT2D eigenvalue weighted by molar-refractivity contribution is 14.0. The number of alkyl halides is 3. The maximum Gasteiger partial charge on any atom is 0.406 e. The Hall–Kier alpha value is -1.27. The van der Waals surface area contributed by atoms with Gasteiger partial charge in [-0.2, -0.15) is 13.2 Å². The summed E-state index contributed by atoms with van der Waals surface area (Å²) in [6, 6.07) is 0. The zero-order valence-electron chi connectivity index (χ0n) is 15.2. The van der Waals surface area contributed by atoms with Crippen LogP contribution in [0.15, 0.2) is 4.99 Å². The molecule has 26 heavy (non-hydrogen) atoms. The molecule has 1 rings (SSSR count). The van der Waals surface area contributed by atoms with Crippen molar-refractivity contribution in [1.82, 2.24) is 20.4 Å². The predicted octanol–water partition coefficient (Wildman–Crippen LogP) is 1.05. The van der Waals surface area contributed by atoms with Gasteiger partial charge in [0.2, 0.25) is 11.8 Å². The number of aliphatic imine (C=N–C) groups is 1. The monoisotopic (exact) mass is 493 g/mol. The Balaban J connectivity index is 0.00000625. The van der Waals surface area contributed by atoms with Crippen LogP contribution in [0.4, 0.5) is 13.2 Å². The molecule has 0 aromatic rings. The molecular formula is C15H27F3IN5O2. The second-order valence-corrected chi connectivity index (χ2v) is 6.07. The van der Waals surface area contributed by atoms with Crippen LogP contribution < -0.4 is 10.6 Å². The first-order valence-electron chi connectivity index (χ1n) is 8.13. The van der Waals surface area contributed by atoms with E-state index in [1.165, 1.54) is 0 Å². The quantitative estimate of drug-likeness (QED) is 0.341. The highest BCUT2D eigenvalue weighted by Gasteiger charge is 2.31. The van der Waals surface area contributed by atoms with E-state index in [0.717, 1.165) is 19.9 Å². The van der Waals surface area contributed by atoms with Crippen molar-refractivity contribution in [2.24, 2.45) is 10.9 Å². The lowest BCUT2D eigenvalue weighted by atomic mass is 9.93. The van der Waals surface area contributed by atoms with E-state index in [9.17, 15) is 22.8 Å². The number of hydrogen-bond acceptors (Lipinski definition) is 3. The summed E-state index contributed by atoms with van der Waals surface area (Å²) in [4.78, 5) is 29.8. The van der Waals surface area contributed by atoms with Gasteiger partial charge in [-0.15, -0.1) is 24.0 Å². The van der Waals surface area contributed by atoms with Gasteiger partial charge in [0.15, 0.2) is 5.96 Å². The third-order valence-corrected chi connectivity index (χ3v) is 4.12. The normalized spacial score (nSPS) is 15.9.